The predicted molar refractivity (Wildman–Crippen MR) is 113 cm³/mol. The van der Waals surface area contributed by atoms with Gasteiger partial charge in [0, 0.05) is 6.20 Å². The van der Waals surface area contributed by atoms with Crippen molar-refractivity contribution >= 4 is 28.5 Å². The summed E-state index contributed by atoms with van der Waals surface area (Å²) in [5.74, 6) is -0.342. The Bertz CT molecular complexity index is 1400. The van der Waals surface area contributed by atoms with Crippen molar-refractivity contribution in [3.63, 3.8) is 0 Å². The van der Waals surface area contributed by atoms with Crippen molar-refractivity contribution in [2.75, 3.05) is 16.8 Å². The fourth-order valence-electron chi connectivity index (χ4n) is 3.18. The molecule has 0 aliphatic heterocycles. The number of hydrogen-bond acceptors (Lipinski definition) is 9. The molecule has 1 unspecified atom stereocenters. The topological polar surface area (TPSA) is 161 Å². The minimum Gasteiger partial charge on any atom is -0.382 e. The van der Waals surface area contributed by atoms with Gasteiger partial charge in [-0.05, 0) is 37.3 Å². The van der Waals surface area contributed by atoms with Crippen molar-refractivity contribution in [3.8, 4) is 11.8 Å². The third-order valence-corrected chi connectivity index (χ3v) is 4.57. The average Bonchev–Trinajstić information content (AvgIpc) is 2.74. The van der Waals surface area contributed by atoms with Crippen LogP contribution in [0.5, 0.6) is 0 Å². The van der Waals surface area contributed by atoms with E-state index < -0.39 is 17.4 Å². The number of aromatic nitrogens is 5. The lowest BCUT2D eigenvalue weighted by Crippen LogP contribution is -2.28. The van der Waals surface area contributed by atoms with Crippen molar-refractivity contribution in [2.45, 2.75) is 13.0 Å². The summed E-state index contributed by atoms with van der Waals surface area (Å²) in [6.07, 6.45) is 3.06. The molecule has 4 rings (SSSR count). The van der Waals surface area contributed by atoms with Gasteiger partial charge in [-0.3, -0.25) is 14.3 Å². The number of anilines is 3. The highest BCUT2D eigenvalue weighted by molar-refractivity contribution is 5.78. The van der Waals surface area contributed by atoms with Gasteiger partial charge in [-0.15, -0.1) is 0 Å². The third-order valence-electron chi connectivity index (χ3n) is 4.57. The van der Waals surface area contributed by atoms with Gasteiger partial charge in [-0.25, -0.2) is 9.37 Å². The zero-order valence-electron chi connectivity index (χ0n) is 16.2. The molecule has 1 aromatic carbocycles. The number of nitrogens with two attached hydrogens (primary N) is 2. The minimum atomic E-state index is -0.636. The molecule has 0 amide bonds. The molecule has 3 heterocycles. The molecule has 5 N–H and O–H groups in total. The van der Waals surface area contributed by atoms with Gasteiger partial charge in [0.25, 0.3) is 5.56 Å². The van der Waals surface area contributed by atoms with Crippen LogP contribution in [0.2, 0.25) is 0 Å². The van der Waals surface area contributed by atoms with Crippen LogP contribution in [0.4, 0.5) is 22.0 Å². The van der Waals surface area contributed by atoms with E-state index in [1.165, 1.54) is 22.9 Å². The summed E-state index contributed by atoms with van der Waals surface area (Å²) in [7, 11) is 0. The van der Waals surface area contributed by atoms with E-state index in [2.05, 4.69) is 25.3 Å². The van der Waals surface area contributed by atoms with E-state index in [-0.39, 0.29) is 34.4 Å². The van der Waals surface area contributed by atoms with Crippen molar-refractivity contribution in [3.05, 3.63) is 70.3 Å². The van der Waals surface area contributed by atoms with Crippen LogP contribution < -0.4 is 22.3 Å². The Labute approximate surface area is 175 Å². The van der Waals surface area contributed by atoms with Gasteiger partial charge in [0.15, 0.2) is 5.82 Å². The van der Waals surface area contributed by atoms with Crippen LogP contribution in [0.3, 0.4) is 0 Å². The lowest BCUT2D eigenvalue weighted by atomic mass is 10.2. The lowest BCUT2D eigenvalue weighted by Gasteiger charge is -2.20. The normalized spacial score (nSPS) is 11.8. The fraction of sp³-hybridized carbons (Fsp3) is 0.100. The summed E-state index contributed by atoms with van der Waals surface area (Å²) < 4.78 is 15.1. The molecular formula is C20H16FN9O. The number of rotatable bonds is 4. The second-order valence-corrected chi connectivity index (χ2v) is 6.65. The molecule has 0 bridgehead atoms. The van der Waals surface area contributed by atoms with E-state index in [1.807, 2.05) is 6.07 Å². The van der Waals surface area contributed by atoms with Crippen molar-refractivity contribution < 1.29 is 4.39 Å². The summed E-state index contributed by atoms with van der Waals surface area (Å²) >= 11 is 0. The molecule has 0 radical (unpaired) electrons. The van der Waals surface area contributed by atoms with E-state index in [1.54, 1.807) is 25.3 Å². The van der Waals surface area contributed by atoms with Gasteiger partial charge in [-0.2, -0.15) is 15.2 Å². The van der Waals surface area contributed by atoms with Crippen LogP contribution in [-0.2, 0) is 0 Å². The number of nitrogen functional groups attached to an aromatic ring is 2. The molecule has 0 fully saturated rings. The average molecular weight is 417 g/mol. The number of hydrogen-bond donors (Lipinski definition) is 3. The number of fused-ring (bicyclic) bond motifs is 1. The Morgan fingerprint density at radius 1 is 1.23 bits per heavy atom. The van der Waals surface area contributed by atoms with Crippen LogP contribution in [0.25, 0.3) is 16.6 Å². The Balaban J connectivity index is 1.92. The Morgan fingerprint density at radius 3 is 2.74 bits per heavy atom. The Morgan fingerprint density at radius 2 is 2.03 bits per heavy atom. The lowest BCUT2D eigenvalue weighted by molar-refractivity contribution is 0.629. The molecule has 10 nitrogen and oxygen atoms in total. The zero-order chi connectivity index (χ0) is 22.1. The second kappa shape index (κ2) is 7.68. The molecule has 1 atom stereocenters. The molecule has 0 aliphatic rings. The van der Waals surface area contributed by atoms with Gasteiger partial charge in [0.2, 0.25) is 5.95 Å². The third kappa shape index (κ3) is 3.58. The monoisotopic (exact) mass is 417 g/mol. The molecule has 0 saturated heterocycles. The van der Waals surface area contributed by atoms with Gasteiger partial charge >= 0.3 is 0 Å². The summed E-state index contributed by atoms with van der Waals surface area (Å²) in [6.45, 7) is 1.72. The molecule has 11 heteroatoms. The van der Waals surface area contributed by atoms with E-state index in [0.717, 1.165) is 6.07 Å². The number of nitriles is 1. The Hall–Kier alpha value is -4.59. The summed E-state index contributed by atoms with van der Waals surface area (Å²) in [5.41, 5.74) is 11.7. The van der Waals surface area contributed by atoms with Crippen LogP contribution in [0.1, 0.15) is 24.4 Å². The minimum absolute atomic E-state index is 0.0131. The van der Waals surface area contributed by atoms with Crippen LogP contribution >= 0.6 is 0 Å². The van der Waals surface area contributed by atoms with Gasteiger partial charge in [0.05, 0.1) is 28.8 Å². The maximum atomic E-state index is 13.8. The maximum Gasteiger partial charge on any atom is 0.266 e. The van der Waals surface area contributed by atoms with Crippen molar-refractivity contribution in [1.82, 2.24) is 24.5 Å². The Kier molecular flexibility index (Phi) is 4.88. The van der Waals surface area contributed by atoms with E-state index in [4.69, 9.17) is 11.5 Å². The quantitative estimate of drug-likeness (QED) is 0.450. The molecule has 0 spiro atoms. The fourth-order valence-corrected chi connectivity index (χ4v) is 3.18. The largest absolute Gasteiger partial charge is 0.382 e. The number of pyridine rings is 1. The molecule has 0 saturated carbocycles. The van der Waals surface area contributed by atoms with Crippen molar-refractivity contribution in [1.29, 1.82) is 5.26 Å². The number of halogens is 1. The van der Waals surface area contributed by atoms with Gasteiger partial charge in [-0.1, -0.05) is 0 Å². The van der Waals surface area contributed by atoms with Crippen LogP contribution in [-0.4, -0.2) is 24.5 Å². The second-order valence-electron chi connectivity index (χ2n) is 6.65. The maximum absolute atomic E-state index is 13.8. The summed E-state index contributed by atoms with van der Waals surface area (Å²) in [5, 5.41) is 12.6. The highest BCUT2D eigenvalue weighted by Gasteiger charge is 2.21. The van der Waals surface area contributed by atoms with Gasteiger partial charge in [0.1, 0.15) is 29.1 Å². The highest BCUT2D eigenvalue weighted by Crippen LogP contribution is 2.25. The molecule has 3 aromatic heterocycles. The van der Waals surface area contributed by atoms with E-state index in [9.17, 15) is 14.4 Å². The number of nitrogens with zero attached hydrogens (tertiary/aromatic N) is 6. The molecule has 0 aliphatic carbocycles. The van der Waals surface area contributed by atoms with E-state index in [0.29, 0.717) is 11.2 Å². The first-order chi connectivity index (χ1) is 14.9. The number of nitrogens with one attached hydrogen (secondary N) is 1. The number of benzene rings is 1. The molecule has 154 valence electrons. The van der Waals surface area contributed by atoms with Crippen LogP contribution in [0.15, 0.2) is 47.5 Å². The first-order valence-corrected chi connectivity index (χ1v) is 9.11. The van der Waals surface area contributed by atoms with Crippen molar-refractivity contribution in [2.24, 2.45) is 0 Å². The first kappa shape index (κ1) is 19.7. The summed E-state index contributed by atoms with van der Waals surface area (Å²) in [6, 6.07) is 8.43. The summed E-state index contributed by atoms with van der Waals surface area (Å²) in [4.78, 5) is 29.7. The van der Waals surface area contributed by atoms with E-state index >= 15 is 0 Å². The molecule has 31 heavy (non-hydrogen) atoms. The first-order valence-electron chi connectivity index (χ1n) is 9.11. The zero-order valence-corrected chi connectivity index (χ0v) is 16.2. The molecule has 4 aromatic rings. The molecular weight excluding hydrogens is 401 g/mol. The van der Waals surface area contributed by atoms with Gasteiger partial charge < -0.3 is 16.8 Å². The van der Waals surface area contributed by atoms with Crippen LogP contribution in [0, 0.1) is 17.1 Å². The smallest absolute Gasteiger partial charge is 0.266 e. The SMILES string of the molecule is CC(Nc1nc(N)nc(N)c1C#N)c1nc2ccc(F)cc2c(=O)n1-c1cccnc1. The highest BCUT2D eigenvalue weighted by atomic mass is 19.1. The standard InChI is InChI=1S/C20H16FN9O/c1-10(26-17-14(8-22)16(23)28-20(24)29-17)18-27-15-5-4-11(21)7-13(15)19(31)30(18)12-3-2-6-25-9-12/h2-7,9-10H,1H3,(H5,23,24,26,28,29). The predicted octanol–water partition coefficient (Wildman–Crippen LogP) is 1.92.